The molecule has 2 heterocycles. The third-order valence-electron chi connectivity index (χ3n) is 3.48. The molecule has 1 aliphatic heterocycles. The van der Waals surface area contributed by atoms with Crippen molar-refractivity contribution in [1.82, 2.24) is 9.55 Å². The normalized spacial score (nSPS) is 29.9. The maximum atomic E-state index is 12.4. The van der Waals surface area contributed by atoms with Gasteiger partial charge in [0.2, 0.25) is 0 Å². The van der Waals surface area contributed by atoms with E-state index in [1.807, 2.05) is 0 Å². The maximum absolute atomic E-state index is 12.4. The van der Waals surface area contributed by atoms with Gasteiger partial charge in [0.15, 0.2) is 6.23 Å². The molecule has 3 N–H and O–H groups in total. The van der Waals surface area contributed by atoms with E-state index in [2.05, 4.69) is 4.98 Å². The number of para-hydroxylation sites is 1. The molecule has 1 aromatic carbocycles. The van der Waals surface area contributed by atoms with Crippen LogP contribution < -0.4 is 5.56 Å². The number of benzene rings is 1. The van der Waals surface area contributed by atoms with E-state index in [4.69, 9.17) is 9.84 Å². The van der Waals surface area contributed by atoms with Gasteiger partial charge in [-0.2, -0.15) is 0 Å². The zero-order valence-electron chi connectivity index (χ0n) is 10.5. The minimum Gasteiger partial charge on any atom is -0.394 e. The summed E-state index contributed by atoms with van der Waals surface area (Å²) >= 11 is 0. The molecule has 1 aromatic heterocycles. The standard InChI is InChI=1S/C13H14N2O5/c16-5-9-10(17)11(18)13(20-9)15-6-14-8-4-2-1-3-7(8)12(15)19/h1-4,6,9-11,13,16-18H,5H2. The summed E-state index contributed by atoms with van der Waals surface area (Å²) in [5, 5.41) is 29.1. The Bertz CT molecular complexity index is 686. The molecule has 7 heteroatoms. The van der Waals surface area contributed by atoms with Crippen molar-refractivity contribution in [3.05, 3.63) is 40.9 Å². The second-order valence-electron chi connectivity index (χ2n) is 4.70. The molecule has 20 heavy (non-hydrogen) atoms. The Morgan fingerprint density at radius 2 is 2.00 bits per heavy atom. The number of aromatic nitrogens is 2. The van der Waals surface area contributed by atoms with Crippen LogP contribution in [-0.4, -0.2) is 49.8 Å². The molecule has 1 aliphatic rings. The summed E-state index contributed by atoms with van der Waals surface area (Å²) in [4.78, 5) is 16.5. The predicted molar refractivity (Wildman–Crippen MR) is 69.0 cm³/mol. The summed E-state index contributed by atoms with van der Waals surface area (Å²) in [6.45, 7) is -0.440. The Morgan fingerprint density at radius 3 is 2.70 bits per heavy atom. The lowest BCUT2D eigenvalue weighted by molar-refractivity contribution is -0.0545. The SMILES string of the molecule is O=c1c2ccccc2ncn1C1OC(CO)C(O)C1O. The first-order valence-corrected chi connectivity index (χ1v) is 6.22. The largest absolute Gasteiger partial charge is 0.394 e. The van der Waals surface area contributed by atoms with Gasteiger partial charge in [0.1, 0.15) is 24.6 Å². The fraction of sp³-hybridized carbons (Fsp3) is 0.385. The van der Waals surface area contributed by atoms with E-state index in [0.29, 0.717) is 10.9 Å². The molecule has 2 aromatic rings. The van der Waals surface area contributed by atoms with Crippen molar-refractivity contribution in [1.29, 1.82) is 0 Å². The van der Waals surface area contributed by atoms with Gasteiger partial charge in [-0.25, -0.2) is 4.98 Å². The highest BCUT2D eigenvalue weighted by atomic mass is 16.6. The first-order valence-electron chi connectivity index (χ1n) is 6.22. The van der Waals surface area contributed by atoms with Crippen LogP contribution in [0.1, 0.15) is 6.23 Å². The molecule has 4 unspecified atom stereocenters. The number of fused-ring (bicyclic) bond motifs is 1. The summed E-state index contributed by atoms with van der Waals surface area (Å²) in [6, 6.07) is 6.82. The number of aliphatic hydroxyl groups is 3. The van der Waals surface area contributed by atoms with Crippen molar-refractivity contribution >= 4 is 10.9 Å². The Morgan fingerprint density at radius 1 is 1.25 bits per heavy atom. The number of ether oxygens (including phenoxy) is 1. The van der Waals surface area contributed by atoms with Crippen molar-refractivity contribution in [2.75, 3.05) is 6.61 Å². The molecule has 0 radical (unpaired) electrons. The molecule has 0 saturated carbocycles. The minimum atomic E-state index is -1.30. The van der Waals surface area contributed by atoms with Crippen LogP contribution in [0.4, 0.5) is 0 Å². The molecule has 0 amide bonds. The Kier molecular flexibility index (Phi) is 3.27. The lowest BCUT2D eigenvalue weighted by Gasteiger charge is -2.17. The van der Waals surface area contributed by atoms with Crippen LogP contribution in [0.15, 0.2) is 35.4 Å². The molecule has 0 bridgehead atoms. The summed E-state index contributed by atoms with van der Waals surface area (Å²) in [6.07, 6.45) is -3.26. The third kappa shape index (κ3) is 1.92. The van der Waals surface area contributed by atoms with Gasteiger partial charge < -0.3 is 20.1 Å². The molecule has 1 saturated heterocycles. The summed E-state index contributed by atoms with van der Waals surface area (Å²) < 4.78 is 6.45. The van der Waals surface area contributed by atoms with Crippen molar-refractivity contribution < 1.29 is 20.1 Å². The highest BCUT2D eigenvalue weighted by Gasteiger charge is 2.43. The van der Waals surface area contributed by atoms with Crippen molar-refractivity contribution in [3.63, 3.8) is 0 Å². The monoisotopic (exact) mass is 278 g/mol. The van der Waals surface area contributed by atoms with E-state index in [9.17, 15) is 15.0 Å². The number of rotatable bonds is 2. The van der Waals surface area contributed by atoms with Gasteiger partial charge in [-0.05, 0) is 12.1 Å². The second kappa shape index (κ2) is 4.95. The van der Waals surface area contributed by atoms with E-state index in [-0.39, 0.29) is 5.56 Å². The molecule has 3 rings (SSSR count). The molecule has 7 nitrogen and oxygen atoms in total. The van der Waals surface area contributed by atoms with Crippen LogP contribution in [0.25, 0.3) is 10.9 Å². The van der Waals surface area contributed by atoms with Crippen LogP contribution in [-0.2, 0) is 4.74 Å². The van der Waals surface area contributed by atoms with Gasteiger partial charge in [-0.1, -0.05) is 12.1 Å². The third-order valence-corrected chi connectivity index (χ3v) is 3.48. The topological polar surface area (TPSA) is 105 Å². The molecular weight excluding hydrogens is 264 g/mol. The van der Waals surface area contributed by atoms with Crippen LogP contribution in [0, 0.1) is 0 Å². The zero-order chi connectivity index (χ0) is 14.3. The molecule has 1 fully saturated rings. The van der Waals surface area contributed by atoms with Crippen LogP contribution in [0.5, 0.6) is 0 Å². The summed E-state index contributed by atoms with van der Waals surface area (Å²) in [5.74, 6) is 0. The number of nitrogens with zero attached hydrogens (tertiary/aromatic N) is 2. The van der Waals surface area contributed by atoms with Gasteiger partial charge in [-0.3, -0.25) is 9.36 Å². The van der Waals surface area contributed by atoms with Crippen LogP contribution >= 0.6 is 0 Å². The van der Waals surface area contributed by atoms with Crippen molar-refractivity contribution in [2.45, 2.75) is 24.5 Å². The summed E-state index contributed by atoms with van der Waals surface area (Å²) in [7, 11) is 0. The van der Waals surface area contributed by atoms with Crippen LogP contribution in [0.3, 0.4) is 0 Å². The zero-order valence-corrected chi connectivity index (χ0v) is 10.5. The average Bonchev–Trinajstić information content (AvgIpc) is 2.76. The second-order valence-corrected chi connectivity index (χ2v) is 4.70. The highest BCUT2D eigenvalue weighted by Crippen LogP contribution is 2.28. The van der Waals surface area contributed by atoms with Gasteiger partial charge in [0, 0.05) is 0 Å². The lowest BCUT2D eigenvalue weighted by Crippen LogP contribution is -2.35. The fourth-order valence-electron chi connectivity index (χ4n) is 2.37. The van der Waals surface area contributed by atoms with Gasteiger partial charge >= 0.3 is 0 Å². The van der Waals surface area contributed by atoms with Crippen molar-refractivity contribution in [3.8, 4) is 0 Å². The number of hydrogen-bond acceptors (Lipinski definition) is 6. The maximum Gasteiger partial charge on any atom is 0.263 e. The van der Waals surface area contributed by atoms with E-state index in [1.165, 1.54) is 6.33 Å². The average molecular weight is 278 g/mol. The lowest BCUT2D eigenvalue weighted by atomic mass is 10.1. The predicted octanol–water partition coefficient (Wildman–Crippen LogP) is -0.992. The van der Waals surface area contributed by atoms with E-state index in [0.717, 1.165) is 4.57 Å². The molecule has 0 aliphatic carbocycles. The fourth-order valence-corrected chi connectivity index (χ4v) is 2.37. The molecule has 4 atom stereocenters. The van der Waals surface area contributed by atoms with Crippen LogP contribution in [0.2, 0.25) is 0 Å². The first kappa shape index (κ1) is 13.2. The smallest absolute Gasteiger partial charge is 0.263 e. The van der Waals surface area contributed by atoms with Crippen molar-refractivity contribution in [2.24, 2.45) is 0 Å². The number of aliphatic hydroxyl groups excluding tert-OH is 3. The minimum absolute atomic E-state index is 0.370. The molecule has 0 spiro atoms. The quantitative estimate of drug-likeness (QED) is 0.651. The van der Waals surface area contributed by atoms with E-state index < -0.39 is 31.1 Å². The Balaban J connectivity index is 2.07. The molecule has 106 valence electrons. The highest BCUT2D eigenvalue weighted by molar-refractivity contribution is 5.76. The Labute approximate surface area is 113 Å². The first-order chi connectivity index (χ1) is 9.63. The Hall–Kier alpha value is -1.80. The van der Waals surface area contributed by atoms with Gasteiger partial charge in [0.05, 0.1) is 17.5 Å². The van der Waals surface area contributed by atoms with E-state index >= 15 is 0 Å². The van der Waals surface area contributed by atoms with E-state index in [1.54, 1.807) is 24.3 Å². The van der Waals surface area contributed by atoms with Gasteiger partial charge in [-0.15, -0.1) is 0 Å². The van der Waals surface area contributed by atoms with Gasteiger partial charge in [0.25, 0.3) is 5.56 Å². The molecular formula is C13H14N2O5. The summed E-state index contributed by atoms with van der Waals surface area (Å²) in [5.41, 5.74) is 0.172. The number of hydrogen-bond donors (Lipinski definition) is 3.